The molecule has 1 aromatic rings. The topological polar surface area (TPSA) is 75.4 Å². The molecule has 0 radical (unpaired) electrons. The lowest BCUT2D eigenvalue weighted by atomic mass is 9.96. The van der Waals surface area contributed by atoms with Crippen LogP contribution >= 0.6 is 0 Å². The van der Waals surface area contributed by atoms with Crippen LogP contribution in [0.15, 0.2) is 4.52 Å². The van der Waals surface area contributed by atoms with Crippen molar-refractivity contribution in [3.05, 3.63) is 17.0 Å². The SMILES string of the molecule is O=C(NC(CCO)C1CC1)c1noc2c1CCCC2. The van der Waals surface area contributed by atoms with Gasteiger partial charge in [0.05, 0.1) is 0 Å². The number of fused-ring (bicyclic) bond motifs is 1. The van der Waals surface area contributed by atoms with Crippen LogP contribution in [0.5, 0.6) is 0 Å². The average Bonchev–Trinajstić information content (AvgIpc) is 3.17. The Morgan fingerprint density at radius 1 is 1.42 bits per heavy atom. The minimum atomic E-state index is -0.141. The zero-order chi connectivity index (χ0) is 13.2. The van der Waals surface area contributed by atoms with E-state index >= 15 is 0 Å². The standard InChI is InChI=1S/C14H20N2O3/c17-8-7-11(9-5-6-9)15-14(18)13-10-3-1-2-4-12(10)19-16-13/h9,11,17H,1-8H2,(H,15,18). The summed E-state index contributed by atoms with van der Waals surface area (Å²) in [5.41, 5.74) is 1.44. The molecule has 1 heterocycles. The summed E-state index contributed by atoms with van der Waals surface area (Å²) >= 11 is 0. The Kier molecular flexibility index (Phi) is 3.55. The second kappa shape index (κ2) is 5.33. The van der Waals surface area contributed by atoms with E-state index in [2.05, 4.69) is 10.5 Å². The van der Waals surface area contributed by atoms with Gasteiger partial charge in [-0.05, 0) is 44.4 Å². The van der Waals surface area contributed by atoms with E-state index in [9.17, 15) is 4.79 Å². The number of nitrogens with zero attached hydrogens (tertiary/aromatic N) is 1. The van der Waals surface area contributed by atoms with Crippen LogP contribution in [0.4, 0.5) is 0 Å². The molecule has 0 bridgehead atoms. The molecule has 0 aromatic carbocycles. The molecule has 1 fully saturated rings. The van der Waals surface area contributed by atoms with Crippen LogP contribution in [0.2, 0.25) is 0 Å². The Hall–Kier alpha value is -1.36. The zero-order valence-corrected chi connectivity index (χ0v) is 11.0. The summed E-state index contributed by atoms with van der Waals surface area (Å²) in [6, 6.07) is 0.0773. The number of nitrogens with one attached hydrogen (secondary N) is 1. The van der Waals surface area contributed by atoms with Crippen LogP contribution in [0.25, 0.3) is 0 Å². The van der Waals surface area contributed by atoms with Gasteiger partial charge in [0.25, 0.3) is 5.91 Å². The Morgan fingerprint density at radius 3 is 2.95 bits per heavy atom. The van der Waals surface area contributed by atoms with Crippen LogP contribution in [-0.2, 0) is 12.8 Å². The van der Waals surface area contributed by atoms with Crippen molar-refractivity contribution in [1.82, 2.24) is 10.5 Å². The number of amides is 1. The molecule has 1 atom stereocenters. The third-order valence-electron chi connectivity index (χ3n) is 4.11. The van der Waals surface area contributed by atoms with Crippen molar-refractivity contribution in [3.63, 3.8) is 0 Å². The molecule has 5 nitrogen and oxygen atoms in total. The van der Waals surface area contributed by atoms with Gasteiger partial charge in [-0.1, -0.05) is 5.16 Å². The van der Waals surface area contributed by atoms with Crippen molar-refractivity contribution < 1.29 is 14.4 Å². The molecule has 5 heteroatoms. The minimum Gasteiger partial charge on any atom is -0.396 e. The van der Waals surface area contributed by atoms with E-state index < -0.39 is 0 Å². The van der Waals surface area contributed by atoms with Crippen LogP contribution in [0, 0.1) is 5.92 Å². The first kappa shape index (κ1) is 12.7. The van der Waals surface area contributed by atoms with E-state index in [4.69, 9.17) is 9.63 Å². The molecule has 104 valence electrons. The highest BCUT2D eigenvalue weighted by atomic mass is 16.5. The lowest BCUT2D eigenvalue weighted by Crippen LogP contribution is -2.37. The molecule has 1 unspecified atom stereocenters. The van der Waals surface area contributed by atoms with E-state index in [0.29, 0.717) is 18.0 Å². The molecule has 0 saturated heterocycles. The Bertz CT molecular complexity index is 465. The largest absolute Gasteiger partial charge is 0.396 e. The molecule has 0 aliphatic heterocycles. The van der Waals surface area contributed by atoms with Gasteiger partial charge in [0.15, 0.2) is 5.69 Å². The molecular formula is C14H20N2O3. The van der Waals surface area contributed by atoms with Gasteiger partial charge in [0.2, 0.25) is 0 Å². The van der Waals surface area contributed by atoms with Gasteiger partial charge in [-0.25, -0.2) is 0 Å². The van der Waals surface area contributed by atoms with E-state index in [1.807, 2.05) is 0 Å². The summed E-state index contributed by atoms with van der Waals surface area (Å²) in [5.74, 6) is 1.26. The number of hydrogen-bond donors (Lipinski definition) is 2. The van der Waals surface area contributed by atoms with E-state index in [0.717, 1.165) is 49.8 Å². The zero-order valence-electron chi connectivity index (χ0n) is 11.0. The molecule has 1 saturated carbocycles. The smallest absolute Gasteiger partial charge is 0.273 e. The minimum absolute atomic E-state index is 0.0773. The predicted molar refractivity (Wildman–Crippen MR) is 68.8 cm³/mol. The summed E-state index contributed by atoms with van der Waals surface area (Å²) in [7, 11) is 0. The molecule has 1 aromatic heterocycles. The summed E-state index contributed by atoms with van der Waals surface area (Å²) in [6.45, 7) is 0.109. The van der Waals surface area contributed by atoms with Crippen molar-refractivity contribution in [2.75, 3.05) is 6.61 Å². The van der Waals surface area contributed by atoms with Gasteiger partial charge in [-0.3, -0.25) is 4.79 Å². The third-order valence-corrected chi connectivity index (χ3v) is 4.11. The highest BCUT2D eigenvalue weighted by Crippen LogP contribution is 2.34. The lowest BCUT2D eigenvalue weighted by Gasteiger charge is -2.17. The number of aromatic nitrogens is 1. The lowest BCUT2D eigenvalue weighted by molar-refractivity contribution is 0.0914. The molecule has 1 amide bonds. The van der Waals surface area contributed by atoms with Crippen LogP contribution in [-0.4, -0.2) is 28.8 Å². The van der Waals surface area contributed by atoms with Crippen molar-refractivity contribution in [2.45, 2.75) is 51.0 Å². The summed E-state index contributed by atoms with van der Waals surface area (Å²) in [4.78, 5) is 12.3. The van der Waals surface area contributed by atoms with Crippen molar-refractivity contribution in [1.29, 1.82) is 0 Å². The van der Waals surface area contributed by atoms with Gasteiger partial charge >= 0.3 is 0 Å². The van der Waals surface area contributed by atoms with E-state index in [1.165, 1.54) is 0 Å². The highest BCUT2D eigenvalue weighted by Gasteiger charge is 2.33. The maximum absolute atomic E-state index is 12.3. The Labute approximate surface area is 112 Å². The number of aliphatic hydroxyl groups is 1. The second-order valence-corrected chi connectivity index (χ2v) is 5.57. The predicted octanol–water partition coefficient (Wildman–Crippen LogP) is 1.44. The molecule has 0 spiro atoms. The van der Waals surface area contributed by atoms with E-state index in [-0.39, 0.29) is 18.6 Å². The van der Waals surface area contributed by atoms with Crippen LogP contribution in [0.3, 0.4) is 0 Å². The van der Waals surface area contributed by atoms with Crippen molar-refractivity contribution >= 4 is 5.91 Å². The number of carbonyl (C=O) groups excluding carboxylic acids is 1. The van der Waals surface area contributed by atoms with Crippen LogP contribution in [0.1, 0.15) is 53.9 Å². The first-order chi connectivity index (χ1) is 9.29. The highest BCUT2D eigenvalue weighted by molar-refractivity contribution is 5.94. The van der Waals surface area contributed by atoms with Gasteiger partial charge in [-0.2, -0.15) is 0 Å². The number of aryl methyl sites for hydroxylation is 1. The summed E-state index contributed by atoms with van der Waals surface area (Å²) in [6.07, 6.45) is 6.88. The average molecular weight is 264 g/mol. The molecular weight excluding hydrogens is 244 g/mol. The summed E-state index contributed by atoms with van der Waals surface area (Å²) in [5, 5.41) is 16.0. The molecule has 2 aliphatic carbocycles. The fourth-order valence-corrected chi connectivity index (χ4v) is 2.86. The number of rotatable bonds is 5. The first-order valence-corrected chi connectivity index (χ1v) is 7.18. The molecule has 19 heavy (non-hydrogen) atoms. The second-order valence-electron chi connectivity index (χ2n) is 5.57. The van der Waals surface area contributed by atoms with Crippen molar-refractivity contribution in [3.8, 4) is 0 Å². The van der Waals surface area contributed by atoms with Gasteiger partial charge in [0, 0.05) is 24.6 Å². The fourth-order valence-electron chi connectivity index (χ4n) is 2.86. The monoisotopic (exact) mass is 264 g/mol. The number of hydrogen-bond acceptors (Lipinski definition) is 4. The summed E-state index contributed by atoms with van der Waals surface area (Å²) < 4.78 is 5.27. The van der Waals surface area contributed by atoms with Gasteiger partial charge in [-0.15, -0.1) is 0 Å². The molecule has 2 aliphatic rings. The van der Waals surface area contributed by atoms with E-state index in [1.54, 1.807) is 0 Å². The quantitative estimate of drug-likeness (QED) is 0.844. The first-order valence-electron chi connectivity index (χ1n) is 7.18. The number of carbonyl (C=O) groups is 1. The third kappa shape index (κ3) is 2.66. The Morgan fingerprint density at radius 2 is 2.21 bits per heavy atom. The Balaban J connectivity index is 1.70. The number of aliphatic hydroxyl groups excluding tert-OH is 1. The fraction of sp³-hybridized carbons (Fsp3) is 0.714. The van der Waals surface area contributed by atoms with Crippen LogP contribution < -0.4 is 5.32 Å². The molecule has 2 N–H and O–H groups in total. The molecule has 3 rings (SSSR count). The maximum atomic E-state index is 12.3. The van der Waals surface area contributed by atoms with Crippen molar-refractivity contribution in [2.24, 2.45) is 5.92 Å². The normalized spacial score (nSPS) is 19.8. The maximum Gasteiger partial charge on any atom is 0.273 e. The van der Waals surface area contributed by atoms with Gasteiger partial charge < -0.3 is 14.9 Å². The van der Waals surface area contributed by atoms with Gasteiger partial charge in [0.1, 0.15) is 5.76 Å².